The van der Waals surface area contributed by atoms with Crippen LogP contribution in [-0.2, 0) is 28.6 Å². The lowest BCUT2D eigenvalue weighted by atomic mass is 10.1. The van der Waals surface area contributed by atoms with Gasteiger partial charge in [0.25, 0.3) is 0 Å². The van der Waals surface area contributed by atoms with Crippen LogP contribution in [-0.4, -0.2) is 37.2 Å². The van der Waals surface area contributed by atoms with E-state index in [2.05, 4.69) is 106 Å². The fourth-order valence-electron chi connectivity index (χ4n) is 7.39. The number of allylic oxidation sites excluding steroid dienone is 14. The predicted molar refractivity (Wildman–Crippen MR) is 279 cm³/mol. The molecule has 0 aliphatic carbocycles. The summed E-state index contributed by atoms with van der Waals surface area (Å²) in [6.45, 7) is 6.37. The quantitative estimate of drug-likeness (QED) is 0.0199. The van der Waals surface area contributed by atoms with Crippen LogP contribution in [0.1, 0.15) is 252 Å². The van der Waals surface area contributed by atoms with Crippen molar-refractivity contribution in [1.29, 1.82) is 0 Å². The van der Waals surface area contributed by atoms with Gasteiger partial charge in [0.2, 0.25) is 0 Å². The summed E-state index contributed by atoms with van der Waals surface area (Å²) in [5.41, 5.74) is 0. The number of carbonyl (C=O) groups excluding carboxylic acids is 3. The molecule has 1 atom stereocenters. The van der Waals surface area contributed by atoms with Crippen LogP contribution in [0.4, 0.5) is 0 Å². The van der Waals surface area contributed by atoms with Gasteiger partial charge in [-0.1, -0.05) is 221 Å². The Morgan fingerprint density at radius 2 is 0.677 bits per heavy atom. The molecule has 0 aliphatic heterocycles. The normalized spacial score (nSPS) is 12.7. The molecule has 0 spiro atoms. The first kappa shape index (κ1) is 61.6. The van der Waals surface area contributed by atoms with E-state index in [1.807, 2.05) is 0 Å². The number of hydrogen-bond donors (Lipinski definition) is 0. The fourth-order valence-corrected chi connectivity index (χ4v) is 7.39. The van der Waals surface area contributed by atoms with Crippen molar-refractivity contribution < 1.29 is 28.6 Å². The highest BCUT2D eigenvalue weighted by molar-refractivity contribution is 5.71. The molecule has 6 nitrogen and oxygen atoms in total. The number of rotatable bonds is 48. The Labute approximate surface area is 401 Å². The predicted octanol–water partition coefficient (Wildman–Crippen LogP) is 18.0. The van der Waals surface area contributed by atoms with Gasteiger partial charge in [-0.3, -0.25) is 14.4 Å². The Bertz CT molecular complexity index is 1270. The van der Waals surface area contributed by atoms with E-state index in [0.29, 0.717) is 19.3 Å². The van der Waals surface area contributed by atoms with E-state index in [4.69, 9.17) is 14.2 Å². The maximum Gasteiger partial charge on any atom is 0.306 e. The number of ether oxygens (including phenoxy) is 3. The van der Waals surface area contributed by atoms with Gasteiger partial charge in [-0.2, -0.15) is 0 Å². The van der Waals surface area contributed by atoms with Crippen LogP contribution in [0, 0.1) is 0 Å². The smallest absolute Gasteiger partial charge is 0.306 e. The molecule has 0 fully saturated rings. The zero-order chi connectivity index (χ0) is 47.2. The SMILES string of the molecule is CC\C=C/C=C\C=C/CCCCCCCCCC(=O)OCC(COC(=O)CCCCCCCC/C=C\C/C=C\C/C=C\CC)OC(=O)CCCCCCC/C=C\CCCCCCCCC. The van der Waals surface area contributed by atoms with Gasteiger partial charge in [0.15, 0.2) is 6.10 Å². The summed E-state index contributed by atoms with van der Waals surface area (Å²) in [5, 5.41) is 0. The van der Waals surface area contributed by atoms with Gasteiger partial charge >= 0.3 is 17.9 Å². The lowest BCUT2D eigenvalue weighted by Crippen LogP contribution is -2.30. The summed E-state index contributed by atoms with van der Waals surface area (Å²) >= 11 is 0. The van der Waals surface area contributed by atoms with E-state index >= 15 is 0 Å². The van der Waals surface area contributed by atoms with E-state index in [-0.39, 0.29) is 31.1 Å². The van der Waals surface area contributed by atoms with Crippen molar-refractivity contribution in [2.24, 2.45) is 0 Å². The molecule has 6 heteroatoms. The van der Waals surface area contributed by atoms with Crippen molar-refractivity contribution in [1.82, 2.24) is 0 Å². The van der Waals surface area contributed by atoms with E-state index in [1.165, 1.54) is 103 Å². The van der Waals surface area contributed by atoms with Gasteiger partial charge in [0.1, 0.15) is 13.2 Å². The summed E-state index contributed by atoms with van der Waals surface area (Å²) in [6, 6.07) is 0. The molecule has 0 bridgehead atoms. The molecule has 0 aromatic heterocycles. The first-order valence-corrected chi connectivity index (χ1v) is 27.1. The standard InChI is InChI=1S/C59H100O6/c1-4-7-10-13-16-19-22-25-28-31-34-37-40-43-46-49-52-58(61)64-55-56(54-63-57(60)51-48-45-42-39-36-33-30-27-24-21-18-15-12-9-6-3)65-59(62)53-50-47-44-41-38-35-32-29-26-23-20-17-14-11-8-5-2/h7,9-10,12,15-16,18-19,21,24-25,28-29,32,56H,4-6,8,11,13-14,17,20,22-23,26-27,30-31,33-55H2,1-3H3/b10-7-,12-9-,18-15-,19-16-,24-21-,28-25-,32-29-. The van der Waals surface area contributed by atoms with Gasteiger partial charge in [0.05, 0.1) is 0 Å². The average Bonchev–Trinajstić information content (AvgIpc) is 3.30. The summed E-state index contributed by atoms with van der Waals surface area (Å²) in [6.07, 6.45) is 68.5. The van der Waals surface area contributed by atoms with Crippen LogP contribution in [0.25, 0.3) is 0 Å². The summed E-state index contributed by atoms with van der Waals surface area (Å²) in [7, 11) is 0. The minimum atomic E-state index is -0.792. The van der Waals surface area contributed by atoms with Crippen molar-refractivity contribution >= 4 is 17.9 Å². The molecule has 0 amide bonds. The van der Waals surface area contributed by atoms with Crippen LogP contribution in [0.3, 0.4) is 0 Å². The third-order valence-electron chi connectivity index (χ3n) is 11.4. The molecule has 0 aliphatic rings. The Morgan fingerprint density at radius 3 is 1.12 bits per heavy atom. The van der Waals surface area contributed by atoms with Crippen LogP contribution in [0.2, 0.25) is 0 Å². The molecule has 0 aromatic carbocycles. The number of hydrogen-bond acceptors (Lipinski definition) is 6. The first-order valence-electron chi connectivity index (χ1n) is 27.1. The minimum absolute atomic E-state index is 0.0907. The molecule has 372 valence electrons. The Kier molecular flexibility index (Phi) is 50.4. The zero-order valence-corrected chi connectivity index (χ0v) is 42.5. The molecule has 0 N–H and O–H groups in total. The highest BCUT2D eigenvalue weighted by atomic mass is 16.6. The van der Waals surface area contributed by atoms with Crippen LogP contribution in [0.15, 0.2) is 85.1 Å². The second-order valence-electron chi connectivity index (χ2n) is 17.8. The molecule has 65 heavy (non-hydrogen) atoms. The number of carbonyl (C=O) groups is 3. The Morgan fingerprint density at radius 1 is 0.338 bits per heavy atom. The van der Waals surface area contributed by atoms with Gasteiger partial charge in [0, 0.05) is 19.3 Å². The summed E-state index contributed by atoms with van der Waals surface area (Å²) in [5.74, 6) is -0.921. The lowest BCUT2D eigenvalue weighted by molar-refractivity contribution is -0.167. The Balaban J connectivity index is 4.44. The molecular weight excluding hydrogens is 805 g/mol. The first-order chi connectivity index (χ1) is 32.0. The molecular formula is C59H100O6. The van der Waals surface area contributed by atoms with Crippen molar-refractivity contribution in [2.45, 2.75) is 258 Å². The minimum Gasteiger partial charge on any atom is -0.462 e. The second-order valence-corrected chi connectivity index (χ2v) is 17.8. The van der Waals surface area contributed by atoms with Crippen molar-refractivity contribution in [2.75, 3.05) is 13.2 Å². The molecule has 0 saturated carbocycles. The largest absolute Gasteiger partial charge is 0.462 e. The zero-order valence-electron chi connectivity index (χ0n) is 42.5. The van der Waals surface area contributed by atoms with Crippen LogP contribution in [0.5, 0.6) is 0 Å². The van der Waals surface area contributed by atoms with E-state index in [0.717, 1.165) is 109 Å². The molecule has 0 heterocycles. The molecule has 0 saturated heterocycles. The maximum absolute atomic E-state index is 12.8. The van der Waals surface area contributed by atoms with Crippen molar-refractivity contribution in [3.8, 4) is 0 Å². The molecule has 0 aromatic rings. The van der Waals surface area contributed by atoms with E-state index < -0.39 is 6.10 Å². The van der Waals surface area contributed by atoms with Crippen LogP contribution >= 0.6 is 0 Å². The van der Waals surface area contributed by atoms with Gasteiger partial charge < -0.3 is 14.2 Å². The Hall–Kier alpha value is -3.41. The third-order valence-corrected chi connectivity index (χ3v) is 11.4. The van der Waals surface area contributed by atoms with Gasteiger partial charge in [-0.15, -0.1) is 0 Å². The highest BCUT2D eigenvalue weighted by Crippen LogP contribution is 2.14. The van der Waals surface area contributed by atoms with Crippen molar-refractivity contribution in [3.05, 3.63) is 85.1 Å². The maximum atomic E-state index is 12.8. The summed E-state index contributed by atoms with van der Waals surface area (Å²) in [4.78, 5) is 38.1. The van der Waals surface area contributed by atoms with E-state index in [9.17, 15) is 14.4 Å². The molecule has 0 rings (SSSR count). The number of esters is 3. The van der Waals surface area contributed by atoms with Gasteiger partial charge in [-0.05, 0) is 96.3 Å². The lowest BCUT2D eigenvalue weighted by Gasteiger charge is -2.18. The third kappa shape index (κ3) is 51.4. The van der Waals surface area contributed by atoms with Gasteiger partial charge in [-0.25, -0.2) is 0 Å². The molecule has 0 radical (unpaired) electrons. The monoisotopic (exact) mass is 905 g/mol. The fraction of sp³-hybridized carbons (Fsp3) is 0.712. The van der Waals surface area contributed by atoms with E-state index in [1.54, 1.807) is 0 Å². The van der Waals surface area contributed by atoms with Crippen molar-refractivity contribution in [3.63, 3.8) is 0 Å². The summed E-state index contributed by atoms with van der Waals surface area (Å²) < 4.78 is 16.8. The number of unbranched alkanes of at least 4 members (excludes halogenated alkanes) is 25. The highest BCUT2D eigenvalue weighted by Gasteiger charge is 2.19. The average molecular weight is 905 g/mol. The topological polar surface area (TPSA) is 78.9 Å². The second kappa shape index (κ2) is 53.2. The molecule has 1 unspecified atom stereocenters. The van der Waals surface area contributed by atoms with Crippen LogP contribution < -0.4 is 0 Å².